The SMILES string of the molecule is CC(C)C[P+](C)(C)C.O=S(=O)(NS(=O)(=O)C(F)(F)F)C(F)(F)F. The highest BCUT2D eigenvalue weighted by Crippen LogP contribution is 2.47. The lowest BCUT2D eigenvalue weighted by molar-refractivity contribution is -0.0476. The fourth-order valence-corrected chi connectivity index (χ4v) is 5.44. The monoisotopic (exact) mass is 414 g/mol. The molecule has 0 radical (unpaired) electrons. The molecule has 0 aromatic carbocycles. The Hall–Kier alpha value is -0.130. The first kappa shape index (κ1) is 25.1. The molecule has 23 heavy (non-hydrogen) atoms. The quantitative estimate of drug-likeness (QED) is 0.567. The number of sulfonamides is 2. The average molecular weight is 414 g/mol. The maximum Gasteiger partial charge on any atom is 0.512 e. The zero-order valence-corrected chi connectivity index (χ0v) is 15.5. The summed E-state index contributed by atoms with van der Waals surface area (Å²) in [5.41, 5.74) is -12.3. The Morgan fingerprint density at radius 3 is 1.17 bits per heavy atom. The van der Waals surface area contributed by atoms with Gasteiger partial charge in [0.1, 0.15) is 0 Å². The van der Waals surface area contributed by atoms with Crippen LogP contribution >= 0.6 is 7.26 Å². The maximum absolute atomic E-state index is 11.5. The maximum atomic E-state index is 11.5. The summed E-state index contributed by atoms with van der Waals surface area (Å²) in [5.74, 6) is 0.892. The predicted octanol–water partition coefficient (Wildman–Crippen LogP) is 2.82. The van der Waals surface area contributed by atoms with E-state index in [1.54, 1.807) is 0 Å². The number of hydrogen-bond acceptors (Lipinski definition) is 4. The summed E-state index contributed by atoms with van der Waals surface area (Å²) in [6.07, 6.45) is 1.44. The van der Waals surface area contributed by atoms with Crippen LogP contribution in [0.25, 0.3) is 0 Å². The van der Waals surface area contributed by atoms with Gasteiger partial charge in [-0.3, -0.25) is 0 Å². The second kappa shape index (κ2) is 7.83. The van der Waals surface area contributed by atoms with Gasteiger partial charge in [0.05, 0.1) is 6.16 Å². The zero-order valence-electron chi connectivity index (χ0n) is 12.9. The largest absolute Gasteiger partial charge is 0.512 e. The Bertz CT molecular complexity index is 533. The van der Waals surface area contributed by atoms with Gasteiger partial charge in [-0.25, -0.2) is 16.8 Å². The minimum atomic E-state index is -6.60. The second-order valence-corrected chi connectivity index (χ2v) is 14.4. The molecular formula is C9H19F6NO4PS2+. The number of hydrogen-bond donors (Lipinski definition) is 1. The van der Waals surface area contributed by atoms with Gasteiger partial charge in [-0.2, -0.15) is 26.3 Å². The van der Waals surface area contributed by atoms with Crippen molar-refractivity contribution < 1.29 is 43.2 Å². The lowest BCUT2D eigenvalue weighted by Gasteiger charge is -2.13. The Labute approximate surface area is 132 Å². The highest BCUT2D eigenvalue weighted by molar-refractivity contribution is 8.05. The molecule has 0 aliphatic rings. The van der Waals surface area contributed by atoms with Gasteiger partial charge in [0.2, 0.25) is 0 Å². The Balaban J connectivity index is 0. The molecular weight excluding hydrogens is 395 g/mol. The van der Waals surface area contributed by atoms with Crippen LogP contribution in [-0.2, 0) is 20.0 Å². The normalized spacial score (nSPS) is 14.4. The summed E-state index contributed by atoms with van der Waals surface area (Å²) in [5, 5.41) is 0. The molecule has 0 heterocycles. The highest BCUT2D eigenvalue weighted by atomic mass is 32.3. The van der Waals surface area contributed by atoms with E-state index in [9.17, 15) is 43.2 Å². The molecule has 0 aromatic heterocycles. The van der Waals surface area contributed by atoms with Crippen molar-refractivity contribution in [3.05, 3.63) is 0 Å². The van der Waals surface area contributed by atoms with Crippen LogP contribution in [0.4, 0.5) is 26.3 Å². The average Bonchev–Trinajstić information content (AvgIpc) is 2.07. The molecule has 0 aromatic rings. The van der Waals surface area contributed by atoms with E-state index in [0.29, 0.717) is 0 Å². The zero-order chi connectivity index (χ0) is 19.5. The van der Waals surface area contributed by atoms with Crippen LogP contribution in [0.1, 0.15) is 13.8 Å². The van der Waals surface area contributed by atoms with Crippen molar-refractivity contribution in [2.75, 3.05) is 26.2 Å². The number of rotatable bonds is 4. The minimum Gasteiger partial charge on any atom is -0.202 e. The van der Waals surface area contributed by atoms with Crippen LogP contribution in [-0.4, -0.2) is 54.0 Å². The molecule has 0 saturated carbocycles. The first-order valence-corrected chi connectivity index (χ1v) is 12.1. The van der Waals surface area contributed by atoms with Crippen LogP contribution in [0.5, 0.6) is 0 Å². The first-order chi connectivity index (χ1) is 9.62. The van der Waals surface area contributed by atoms with E-state index in [1.807, 2.05) is 0 Å². The third-order valence-electron chi connectivity index (χ3n) is 1.74. The van der Waals surface area contributed by atoms with Gasteiger partial charge in [0.25, 0.3) is 0 Å². The Morgan fingerprint density at radius 1 is 0.826 bits per heavy atom. The van der Waals surface area contributed by atoms with Crippen molar-refractivity contribution in [2.45, 2.75) is 24.9 Å². The van der Waals surface area contributed by atoms with Gasteiger partial charge in [-0.1, -0.05) is 18.0 Å². The van der Waals surface area contributed by atoms with Crippen LogP contribution in [0, 0.1) is 5.92 Å². The summed E-state index contributed by atoms with van der Waals surface area (Å²) in [6.45, 7) is 11.8. The van der Waals surface area contributed by atoms with Crippen LogP contribution in [0.15, 0.2) is 0 Å². The summed E-state index contributed by atoms with van der Waals surface area (Å²) < 4.78 is 108. The van der Waals surface area contributed by atoms with E-state index in [1.165, 1.54) is 6.16 Å². The molecule has 0 aliphatic heterocycles. The smallest absolute Gasteiger partial charge is 0.202 e. The third-order valence-corrected chi connectivity index (χ3v) is 6.54. The predicted molar refractivity (Wildman–Crippen MR) is 77.5 cm³/mol. The fourth-order valence-electron chi connectivity index (χ4n) is 1.33. The van der Waals surface area contributed by atoms with Crippen molar-refractivity contribution in [1.29, 1.82) is 0 Å². The van der Waals surface area contributed by atoms with E-state index in [2.05, 4.69) is 33.8 Å². The van der Waals surface area contributed by atoms with Crippen molar-refractivity contribution in [3.8, 4) is 0 Å². The van der Waals surface area contributed by atoms with Gasteiger partial charge in [0, 0.05) is 27.3 Å². The summed E-state index contributed by atoms with van der Waals surface area (Å²) in [6, 6.07) is 0. The number of nitrogens with one attached hydrogen (secondary N) is 1. The molecule has 0 fully saturated rings. The van der Waals surface area contributed by atoms with Crippen molar-refractivity contribution in [2.24, 2.45) is 5.92 Å². The van der Waals surface area contributed by atoms with Crippen molar-refractivity contribution in [3.63, 3.8) is 0 Å². The molecule has 5 nitrogen and oxygen atoms in total. The lowest BCUT2D eigenvalue weighted by Crippen LogP contribution is -2.45. The molecule has 0 bridgehead atoms. The fraction of sp³-hybridized carbons (Fsp3) is 1.00. The number of halogens is 6. The molecule has 0 atom stereocenters. The standard InChI is InChI=1S/C7H18P.C2HF6NO4S2/c1-7(2)6-8(3,4)5;3-1(4,5)14(10,11)9-15(12,13)2(6,7)8/h7H,6H2,1-5H3;9H/q+1;. The highest BCUT2D eigenvalue weighted by Gasteiger charge is 2.55. The molecule has 0 aliphatic carbocycles. The molecule has 1 N–H and O–H groups in total. The third kappa shape index (κ3) is 10.4. The van der Waals surface area contributed by atoms with Crippen molar-refractivity contribution in [1.82, 2.24) is 4.13 Å². The molecule has 0 spiro atoms. The van der Waals surface area contributed by atoms with Gasteiger partial charge >= 0.3 is 31.1 Å². The van der Waals surface area contributed by atoms with Crippen molar-refractivity contribution >= 4 is 27.3 Å². The van der Waals surface area contributed by atoms with Crippen LogP contribution in [0.3, 0.4) is 0 Å². The molecule has 142 valence electrons. The van der Waals surface area contributed by atoms with E-state index in [4.69, 9.17) is 0 Å². The van der Waals surface area contributed by atoms with E-state index in [-0.39, 0.29) is 0 Å². The van der Waals surface area contributed by atoms with Gasteiger partial charge in [-0.15, -0.1) is 0 Å². The molecule has 0 unspecified atom stereocenters. The molecule has 14 heteroatoms. The molecule has 0 saturated heterocycles. The van der Waals surface area contributed by atoms with Crippen LogP contribution < -0.4 is 4.13 Å². The Kier molecular flexibility index (Phi) is 8.55. The topological polar surface area (TPSA) is 80.3 Å². The van der Waals surface area contributed by atoms with Crippen LogP contribution in [0.2, 0.25) is 0 Å². The van der Waals surface area contributed by atoms with E-state index < -0.39 is 42.5 Å². The molecule has 0 amide bonds. The second-order valence-electron chi connectivity index (χ2n) is 5.85. The van der Waals surface area contributed by atoms with E-state index >= 15 is 0 Å². The summed E-state index contributed by atoms with van der Waals surface area (Å²) >= 11 is 0. The Morgan fingerprint density at radius 2 is 1.09 bits per heavy atom. The summed E-state index contributed by atoms with van der Waals surface area (Å²) in [4.78, 5) is 0. The molecule has 0 rings (SSSR count). The number of alkyl halides is 6. The van der Waals surface area contributed by atoms with E-state index in [0.717, 1.165) is 5.92 Å². The first-order valence-electron chi connectivity index (χ1n) is 5.84. The van der Waals surface area contributed by atoms with Gasteiger partial charge in [0.15, 0.2) is 0 Å². The summed E-state index contributed by atoms with van der Waals surface area (Å²) in [7, 11) is -13.7. The minimum absolute atomic E-state index is 0.472. The van der Waals surface area contributed by atoms with Gasteiger partial charge in [-0.05, 0) is 5.92 Å². The lowest BCUT2D eigenvalue weighted by atomic mass is 10.3. The van der Waals surface area contributed by atoms with Gasteiger partial charge < -0.3 is 0 Å².